The molecular weight excluding hydrogens is 486 g/mol. The second-order valence-corrected chi connectivity index (χ2v) is 11.8. The normalized spacial score (nSPS) is 29.4. The number of aromatic nitrogens is 1. The monoisotopic (exact) mass is 525 g/mol. The molecule has 1 aliphatic heterocycles. The van der Waals surface area contributed by atoms with Crippen molar-refractivity contribution >= 4 is 34.7 Å². The third-order valence-corrected chi connectivity index (χ3v) is 8.36. The molecule has 1 aromatic heterocycles. The van der Waals surface area contributed by atoms with Crippen LogP contribution in [-0.4, -0.2) is 45.3 Å². The molecule has 0 saturated carbocycles. The fourth-order valence-corrected chi connectivity index (χ4v) is 5.29. The zero-order valence-corrected chi connectivity index (χ0v) is 23.6. The van der Waals surface area contributed by atoms with Gasteiger partial charge in [-0.25, -0.2) is 4.98 Å². The Kier molecular flexibility index (Phi) is 9.27. The van der Waals surface area contributed by atoms with Gasteiger partial charge in [0.1, 0.15) is 11.9 Å². The van der Waals surface area contributed by atoms with E-state index in [1.807, 2.05) is 69.5 Å². The summed E-state index contributed by atoms with van der Waals surface area (Å²) < 4.78 is 5.86. The summed E-state index contributed by atoms with van der Waals surface area (Å²) in [5, 5.41) is 24.9. The Hall–Kier alpha value is -2.61. The zero-order valence-electron chi connectivity index (χ0n) is 22.8. The SMILES string of the molecule is CC(=Cc1csc(C)n1)[C@@H]1C/C=C(\C)c2cccc(c2)[C@H](C)[C@H](O)[C@@H](C)C(=O)C(C)(C)[C@@H](O)CC(=O)O1. The molecular formula is C30H39NO5S. The number of aliphatic hydroxyl groups excluding tert-OH is 2. The van der Waals surface area contributed by atoms with Gasteiger partial charge in [0.2, 0.25) is 0 Å². The topological polar surface area (TPSA) is 96.7 Å². The number of ether oxygens (including phenoxy) is 1. The lowest BCUT2D eigenvalue weighted by Gasteiger charge is -2.34. The number of hydrogen-bond acceptors (Lipinski definition) is 7. The van der Waals surface area contributed by atoms with Gasteiger partial charge >= 0.3 is 5.97 Å². The maximum absolute atomic E-state index is 13.4. The number of allylic oxidation sites excluding steroid dienone is 1. The first-order valence-corrected chi connectivity index (χ1v) is 13.7. The lowest BCUT2D eigenvalue weighted by atomic mass is 9.72. The quantitative estimate of drug-likeness (QED) is 0.487. The van der Waals surface area contributed by atoms with E-state index in [-0.39, 0.29) is 18.1 Å². The van der Waals surface area contributed by atoms with E-state index in [4.69, 9.17) is 4.74 Å². The average molecular weight is 526 g/mol. The van der Waals surface area contributed by atoms with E-state index in [1.165, 1.54) is 0 Å². The van der Waals surface area contributed by atoms with Crippen molar-refractivity contribution < 1.29 is 24.5 Å². The zero-order chi connectivity index (χ0) is 27.5. The van der Waals surface area contributed by atoms with Crippen LogP contribution in [0, 0.1) is 18.3 Å². The Morgan fingerprint density at radius 2 is 1.86 bits per heavy atom. The van der Waals surface area contributed by atoms with Crippen molar-refractivity contribution in [1.29, 1.82) is 0 Å². The molecule has 0 fully saturated rings. The molecule has 0 saturated heterocycles. The van der Waals surface area contributed by atoms with E-state index in [0.29, 0.717) is 6.42 Å². The Labute approximate surface area is 224 Å². The summed E-state index contributed by atoms with van der Waals surface area (Å²) in [4.78, 5) is 30.8. The number of Topliss-reactive ketones (excluding diaryl/α,β-unsaturated/α-hetero) is 1. The second-order valence-electron chi connectivity index (χ2n) is 10.8. The Bertz CT molecular complexity index is 1190. The van der Waals surface area contributed by atoms with Gasteiger partial charge in [-0.15, -0.1) is 11.3 Å². The molecule has 6 nitrogen and oxygen atoms in total. The molecule has 5 atom stereocenters. The van der Waals surface area contributed by atoms with Crippen molar-refractivity contribution in [2.45, 2.75) is 85.5 Å². The first-order valence-electron chi connectivity index (χ1n) is 12.8. The van der Waals surface area contributed by atoms with Crippen molar-refractivity contribution in [2.75, 3.05) is 0 Å². The average Bonchev–Trinajstić information content (AvgIpc) is 3.27. The number of nitrogens with zero attached hydrogens (tertiary/aromatic N) is 1. The number of esters is 1. The van der Waals surface area contributed by atoms with Crippen LogP contribution in [0.4, 0.5) is 0 Å². The molecule has 2 bridgehead atoms. The van der Waals surface area contributed by atoms with E-state index in [9.17, 15) is 19.8 Å². The third kappa shape index (κ3) is 6.83. The van der Waals surface area contributed by atoms with E-state index in [1.54, 1.807) is 32.1 Å². The number of aliphatic hydroxyl groups is 2. The first-order chi connectivity index (χ1) is 17.3. The standard InChI is InChI=1S/C30H39NO5S/c1-17-11-12-25(18(2)13-24-16-37-21(5)31-24)36-27(33)15-26(32)30(6,7)29(35)20(4)28(34)19(3)23-10-8-9-22(17)14-23/h8-11,13-14,16,19-20,25-26,28,32,34H,12,15H2,1-7H3/b17-11+,18-13?/t19-,20+,25-,26-,28-/m0/s1. The van der Waals surface area contributed by atoms with Crippen LogP contribution in [0.25, 0.3) is 11.6 Å². The van der Waals surface area contributed by atoms with E-state index in [0.717, 1.165) is 33.0 Å². The van der Waals surface area contributed by atoms with Crippen LogP contribution in [0.2, 0.25) is 0 Å². The Balaban J connectivity index is 2.04. The number of hydrogen-bond donors (Lipinski definition) is 2. The molecule has 0 radical (unpaired) electrons. The maximum Gasteiger partial charge on any atom is 0.309 e. The van der Waals surface area contributed by atoms with Crippen molar-refractivity contribution in [3.05, 3.63) is 63.1 Å². The van der Waals surface area contributed by atoms with Crippen LogP contribution in [0.15, 0.2) is 41.3 Å². The molecule has 200 valence electrons. The molecule has 37 heavy (non-hydrogen) atoms. The maximum atomic E-state index is 13.4. The number of thiazole rings is 1. The second kappa shape index (κ2) is 11.8. The van der Waals surface area contributed by atoms with Gasteiger partial charge in [0.05, 0.1) is 34.7 Å². The fraction of sp³-hybridized carbons (Fsp3) is 0.500. The number of aryl methyl sites for hydroxylation is 1. The highest BCUT2D eigenvalue weighted by Gasteiger charge is 2.42. The van der Waals surface area contributed by atoms with Crippen molar-refractivity contribution in [1.82, 2.24) is 4.98 Å². The molecule has 0 amide bonds. The number of carbonyl (C=O) groups is 2. The van der Waals surface area contributed by atoms with Gasteiger partial charge in [-0.1, -0.05) is 58.0 Å². The number of ketones is 1. The summed E-state index contributed by atoms with van der Waals surface area (Å²) in [5.74, 6) is -1.90. The van der Waals surface area contributed by atoms with Gasteiger partial charge in [-0.2, -0.15) is 0 Å². The summed E-state index contributed by atoms with van der Waals surface area (Å²) in [6.45, 7) is 12.7. The minimum atomic E-state index is -1.25. The largest absolute Gasteiger partial charge is 0.457 e. The first kappa shape index (κ1) is 29.0. The predicted molar refractivity (Wildman–Crippen MR) is 148 cm³/mol. The number of fused-ring (bicyclic) bond motifs is 2. The Morgan fingerprint density at radius 3 is 2.51 bits per heavy atom. The summed E-state index contributed by atoms with van der Waals surface area (Å²) >= 11 is 1.55. The predicted octanol–water partition coefficient (Wildman–Crippen LogP) is 5.72. The van der Waals surface area contributed by atoms with Gasteiger partial charge in [-0.05, 0) is 49.1 Å². The molecule has 3 rings (SSSR count). The van der Waals surface area contributed by atoms with Gasteiger partial charge < -0.3 is 14.9 Å². The summed E-state index contributed by atoms with van der Waals surface area (Å²) in [5.41, 5.74) is 3.35. The molecule has 2 heterocycles. The van der Waals surface area contributed by atoms with E-state index >= 15 is 0 Å². The molecule has 0 aliphatic carbocycles. The van der Waals surface area contributed by atoms with Gasteiger partial charge in [-0.3, -0.25) is 9.59 Å². The van der Waals surface area contributed by atoms with Crippen molar-refractivity contribution in [3.8, 4) is 0 Å². The van der Waals surface area contributed by atoms with E-state index in [2.05, 4.69) is 4.98 Å². The van der Waals surface area contributed by atoms with E-state index < -0.39 is 35.6 Å². The lowest BCUT2D eigenvalue weighted by molar-refractivity contribution is -0.153. The lowest BCUT2D eigenvalue weighted by Crippen LogP contribution is -2.45. The molecule has 7 heteroatoms. The molecule has 1 aliphatic rings. The van der Waals surface area contributed by atoms with Crippen LogP contribution >= 0.6 is 11.3 Å². The van der Waals surface area contributed by atoms with Gasteiger partial charge in [0.25, 0.3) is 0 Å². The fourth-order valence-electron chi connectivity index (χ4n) is 4.72. The molecule has 1 aromatic carbocycles. The minimum absolute atomic E-state index is 0.294. The van der Waals surface area contributed by atoms with Gasteiger partial charge in [0.15, 0.2) is 0 Å². The molecule has 0 unspecified atom stereocenters. The smallest absolute Gasteiger partial charge is 0.309 e. The molecule has 0 spiro atoms. The molecule has 2 aromatic rings. The van der Waals surface area contributed by atoms with Crippen LogP contribution < -0.4 is 0 Å². The Morgan fingerprint density at radius 1 is 1.16 bits per heavy atom. The van der Waals surface area contributed by atoms with Crippen LogP contribution in [0.5, 0.6) is 0 Å². The van der Waals surface area contributed by atoms with Gasteiger partial charge in [0, 0.05) is 23.6 Å². The number of cyclic esters (lactones) is 1. The highest BCUT2D eigenvalue weighted by Crippen LogP contribution is 2.34. The van der Waals surface area contributed by atoms with Crippen LogP contribution in [-0.2, 0) is 14.3 Å². The third-order valence-electron chi connectivity index (χ3n) is 7.57. The van der Waals surface area contributed by atoms with Crippen LogP contribution in [0.1, 0.15) is 82.1 Å². The highest BCUT2D eigenvalue weighted by molar-refractivity contribution is 7.09. The summed E-state index contributed by atoms with van der Waals surface area (Å²) in [6, 6.07) is 7.94. The van der Waals surface area contributed by atoms with Crippen LogP contribution in [0.3, 0.4) is 0 Å². The van der Waals surface area contributed by atoms with Crippen molar-refractivity contribution in [3.63, 3.8) is 0 Å². The number of benzene rings is 1. The number of carbonyl (C=O) groups excluding carboxylic acids is 2. The molecule has 2 N–H and O–H groups in total. The van der Waals surface area contributed by atoms with Crippen molar-refractivity contribution in [2.24, 2.45) is 11.3 Å². The summed E-state index contributed by atoms with van der Waals surface area (Å²) in [6.07, 6.45) is 1.34. The number of rotatable bonds is 2. The summed E-state index contributed by atoms with van der Waals surface area (Å²) in [7, 11) is 0. The minimum Gasteiger partial charge on any atom is -0.457 e. The highest BCUT2D eigenvalue weighted by atomic mass is 32.1.